The van der Waals surface area contributed by atoms with E-state index in [1.807, 2.05) is 26.8 Å². The lowest BCUT2D eigenvalue weighted by Gasteiger charge is -2.16. The van der Waals surface area contributed by atoms with E-state index in [2.05, 4.69) is 12.1 Å². The quantitative estimate of drug-likeness (QED) is 0.911. The fourth-order valence-corrected chi connectivity index (χ4v) is 2.26. The number of aliphatic hydroxyl groups is 1. The summed E-state index contributed by atoms with van der Waals surface area (Å²) in [6.07, 6.45) is -0.654. The Balaban J connectivity index is 2.51. The molecule has 0 spiro atoms. The predicted octanol–water partition coefficient (Wildman–Crippen LogP) is 4.33. The van der Waals surface area contributed by atoms with Crippen LogP contribution in [0.15, 0.2) is 30.3 Å². The minimum absolute atomic E-state index is 0.511. The van der Waals surface area contributed by atoms with Gasteiger partial charge in [0, 0.05) is 5.56 Å². The standard InChI is InChI=1S/C18H19NO2/c1-11-7-12(2)13(3)17(8-11)21-18-9-15(10-19)5-6-16(18)14(4)20/h5-9,14,20H,1-4H3/t14-/m0/s1. The van der Waals surface area contributed by atoms with Gasteiger partial charge in [-0.05, 0) is 62.6 Å². The summed E-state index contributed by atoms with van der Waals surface area (Å²) in [7, 11) is 0. The fourth-order valence-electron chi connectivity index (χ4n) is 2.26. The third kappa shape index (κ3) is 3.24. The van der Waals surface area contributed by atoms with Crippen molar-refractivity contribution in [2.24, 2.45) is 0 Å². The van der Waals surface area contributed by atoms with Gasteiger partial charge in [0.2, 0.25) is 0 Å². The molecular formula is C18H19NO2. The molecule has 0 amide bonds. The van der Waals surface area contributed by atoms with E-state index in [1.54, 1.807) is 25.1 Å². The van der Waals surface area contributed by atoms with Crippen molar-refractivity contribution in [3.8, 4) is 17.6 Å². The van der Waals surface area contributed by atoms with Crippen LogP contribution in [0.5, 0.6) is 11.5 Å². The Morgan fingerprint density at radius 1 is 1.10 bits per heavy atom. The number of hydrogen-bond donors (Lipinski definition) is 1. The second-order valence-corrected chi connectivity index (χ2v) is 5.35. The highest BCUT2D eigenvalue weighted by atomic mass is 16.5. The lowest BCUT2D eigenvalue weighted by Crippen LogP contribution is -1.99. The van der Waals surface area contributed by atoms with Crippen LogP contribution in [0.2, 0.25) is 0 Å². The van der Waals surface area contributed by atoms with Crippen LogP contribution in [0.1, 0.15) is 40.8 Å². The first kappa shape index (κ1) is 15.1. The molecule has 0 fully saturated rings. The number of aryl methyl sites for hydroxylation is 2. The van der Waals surface area contributed by atoms with Crippen molar-refractivity contribution in [1.82, 2.24) is 0 Å². The molecule has 1 N–H and O–H groups in total. The summed E-state index contributed by atoms with van der Waals surface area (Å²) in [5.74, 6) is 1.28. The zero-order valence-electron chi connectivity index (χ0n) is 12.8. The van der Waals surface area contributed by atoms with Crippen molar-refractivity contribution >= 4 is 0 Å². The van der Waals surface area contributed by atoms with Gasteiger partial charge in [-0.1, -0.05) is 12.1 Å². The molecule has 0 aliphatic heterocycles. The highest BCUT2D eigenvalue weighted by molar-refractivity contribution is 5.49. The molecule has 2 rings (SSSR count). The predicted molar refractivity (Wildman–Crippen MR) is 82.5 cm³/mol. The van der Waals surface area contributed by atoms with Crippen molar-refractivity contribution in [2.75, 3.05) is 0 Å². The number of ether oxygens (including phenoxy) is 1. The zero-order valence-corrected chi connectivity index (χ0v) is 12.8. The van der Waals surface area contributed by atoms with Crippen molar-refractivity contribution in [1.29, 1.82) is 5.26 Å². The van der Waals surface area contributed by atoms with E-state index in [-0.39, 0.29) is 0 Å². The largest absolute Gasteiger partial charge is 0.457 e. The van der Waals surface area contributed by atoms with Gasteiger partial charge >= 0.3 is 0 Å². The molecule has 2 aromatic rings. The molecule has 0 heterocycles. The SMILES string of the molecule is Cc1cc(C)c(C)c(Oc2cc(C#N)ccc2[C@H](C)O)c1. The Morgan fingerprint density at radius 3 is 2.43 bits per heavy atom. The van der Waals surface area contributed by atoms with Crippen molar-refractivity contribution in [2.45, 2.75) is 33.8 Å². The van der Waals surface area contributed by atoms with Gasteiger partial charge in [-0.25, -0.2) is 0 Å². The fraction of sp³-hybridized carbons (Fsp3) is 0.278. The van der Waals surface area contributed by atoms with E-state index in [4.69, 9.17) is 10.00 Å². The summed E-state index contributed by atoms with van der Waals surface area (Å²) < 4.78 is 5.99. The van der Waals surface area contributed by atoms with E-state index in [0.29, 0.717) is 16.9 Å². The Kier molecular flexibility index (Phi) is 4.30. The summed E-state index contributed by atoms with van der Waals surface area (Å²) >= 11 is 0. The molecule has 1 atom stereocenters. The molecule has 0 bridgehead atoms. The summed E-state index contributed by atoms with van der Waals surface area (Å²) in [6.45, 7) is 7.74. The average molecular weight is 281 g/mol. The maximum absolute atomic E-state index is 9.86. The van der Waals surface area contributed by atoms with E-state index in [9.17, 15) is 5.11 Å². The molecule has 3 nitrogen and oxygen atoms in total. The maximum Gasteiger partial charge on any atom is 0.134 e. The summed E-state index contributed by atoms with van der Waals surface area (Å²) in [5, 5.41) is 18.9. The molecule has 0 saturated carbocycles. The molecule has 21 heavy (non-hydrogen) atoms. The minimum Gasteiger partial charge on any atom is -0.457 e. The van der Waals surface area contributed by atoms with Crippen LogP contribution in [-0.2, 0) is 0 Å². The normalized spacial score (nSPS) is 11.8. The molecule has 2 aromatic carbocycles. The second-order valence-electron chi connectivity index (χ2n) is 5.35. The van der Waals surface area contributed by atoms with Crippen LogP contribution in [0.3, 0.4) is 0 Å². The topological polar surface area (TPSA) is 53.2 Å². The number of aliphatic hydroxyl groups excluding tert-OH is 1. The number of nitriles is 1. The summed E-state index contributed by atoms with van der Waals surface area (Å²) in [6, 6.07) is 11.2. The molecule has 0 unspecified atom stereocenters. The highest BCUT2D eigenvalue weighted by Crippen LogP contribution is 2.33. The molecule has 0 saturated heterocycles. The Labute approximate surface area is 125 Å². The minimum atomic E-state index is -0.654. The van der Waals surface area contributed by atoms with Crippen LogP contribution in [0.25, 0.3) is 0 Å². The third-order valence-corrected chi connectivity index (χ3v) is 3.58. The van der Waals surface area contributed by atoms with Crippen molar-refractivity contribution in [3.05, 3.63) is 58.1 Å². The number of rotatable bonds is 3. The molecule has 0 aromatic heterocycles. The smallest absolute Gasteiger partial charge is 0.134 e. The van der Waals surface area contributed by atoms with E-state index in [1.165, 1.54) is 0 Å². The van der Waals surface area contributed by atoms with E-state index in [0.717, 1.165) is 22.4 Å². The monoisotopic (exact) mass is 281 g/mol. The average Bonchev–Trinajstić information content (AvgIpc) is 2.43. The van der Waals surface area contributed by atoms with Crippen LogP contribution < -0.4 is 4.74 Å². The molecule has 0 radical (unpaired) electrons. The first-order valence-electron chi connectivity index (χ1n) is 6.90. The molecular weight excluding hydrogens is 262 g/mol. The van der Waals surface area contributed by atoms with Gasteiger partial charge in [-0.2, -0.15) is 5.26 Å². The highest BCUT2D eigenvalue weighted by Gasteiger charge is 2.13. The first-order chi connectivity index (χ1) is 9.92. The van der Waals surface area contributed by atoms with Gasteiger partial charge in [0.05, 0.1) is 17.7 Å². The third-order valence-electron chi connectivity index (χ3n) is 3.58. The van der Waals surface area contributed by atoms with Gasteiger partial charge in [-0.3, -0.25) is 0 Å². The lowest BCUT2D eigenvalue weighted by molar-refractivity contribution is 0.195. The van der Waals surface area contributed by atoms with Crippen LogP contribution in [0, 0.1) is 32.1 Å². The van der Waals surface area contributed by atoms with Crippen molar-refractivity contribution in [3.63, 3.8) is 0 Å². The Hall–Kier alpha value is -2.31. The van der Waals surface area contributed by atoms with Crippen LogP contribution >= 0.6 is 0 Å². The Bertz CT molecular complexity index is 712. The van der Waals surface area contributed by atoms with Gasteiger partial charge in [-0.15, -0.1) is 0 Å². The van der Waals surface area contributed by atoms with Crippen LogP contribution in [-0.4, -0.2) is 5.11 Å². The molecule has 0 aliphatic rings. The second kappa shape index (κ2) is 5.99. The summed E-state index contributed by atoms with van der Waals surface area (Å²) in [4.78, 5) is 0. The summed E-state index contributed by atoms with van der Waals surface area (Å²) in [5.41, 5.74) is 4.51. The van der Waals surface area contributed by atoms with E-state index < -0.39 is 6.10 Å². The number of hydrogen-bond acceptors (Lipinski definition) is 3. The Morgan fingerprint density at radius 2 is 1.81 bits per heavy atom. The van der Waals surface area contributed by atoms with Gasteiger partial charge < -0.3 is 9.84 Å². The molecule has 108 valence electrons. The first-order valence-corrected chi connectivity index (χ1v) is 6.90. The van der Waals surface area contributed by atoms with Gasteiger partial charge in [0.25, 0.3) is 0 Å². The van der Waals surface area contributed by atoms with Crippen molar-refractivity contribution < 1.29 is 9.84 Å². The van der Waals surface area contributed by atoms with Gasteiger partial charge in [0.15, 0.2) is 0 Å². The molecule has 0 aliphatic carbocycles. The van der Waals surface area contributed by atoms with E-state index >= 15 is 0 Å². The van der Waals surface area contributed by atoms with Gasteiger partial charge in [0.1, 0.15) is 11.5 Å². The number of benzene rings is 2. The lowest BCUT2D eigenvalue weighted by atomic mass is 10.0. The van der Waals surface area contributed by atoms with Crippen LogP contribution in [0.4, 0.5) is 0 Å². The number of nitrogens with zero attached hydrogens (tertiary/aromatic N) is 1. The zero-order chi connectivity index (χ0) is 15.6. The molecule has 3 heteroatoms. The maximum atomic E-state index is 9.86.